The number of methoxy groups -OCH3 is 1. The summed E-state index contributed by atoms with van der Waals surface area (Å²) in [5.74, 6) is -0.167. The van der Waals surface area contributed by atoms with Gasteiger partial charge in [-0.25, -0.2) is 14.0 Å². The summed E-state index contributed by atoms with van der Waals surface area (Å²) in [6.07, 6.45) is 1.50. The Bertz CT molecular complexity index is 1050. The van der Waals surface area contributed by atoms with Gasteiger partial charge in [0.25, 0.3) is 0 Å². The molecule has 1 saturated heterocycles. The molecule has 0 bridgehead atoms. The number of esters is 1. The molecule has 2 aliphatic rings. The highest BCUT2D eigenvalue weighted by Gasteiger charge is 2.36. The maximum atomic E-state index is 14.0. The normalized spacial score (nSPS) is 19.5. The molecule has 2 amide bonds. The van der Waals surface area contributed by atoms with E-state index in [2.05, 4.69) is 20.4 Å². The number of nitrogens with one attached hydrogen (secondary N) is 2. The second-order valence-corrected chi connectivity index (χ2v) is 8.18. The van der Waals surface area contributed by atoms with Crippen LogP contribution in [-0.4, -0.2) is 68.2 Å². The van der Waals surface area contributed by atoms with E-state index in [-0.39, 0.29) is 18.2 Å². The fourth-order valence-corrected chi connectivity index (χ4v) is 4.26. The molecule has 0 saturated carbocycles. The van der Waals surface area contributed by atoms with Gasteiger partial charge in [-0.2, -0.15) is 0 Å². The number of amides is 2. The quantitative estimate of drug-likeness (QED) is 0.570. The molecule has 2 aliphatic heterocycles. The monoisotopic (exact) mass is 472 g/mol. The Hall–Kier alpha value is -3.37. The van der Waals surface area contributed by atoms with E-state index in [9.17, 15) is 14.0 Å². The number of hydrogen-bond acceptors (Lipinski definition) is 7. The van der Waals surface area contributed by atoms with E-state index in [1.165, 1.54) is 19.4 Å². The summed E-state index contributed by atoms with van der Waals surface area (Å²) in [5, 5.41) is 5.55. The molecule has 34 heavy (non-hydrogen) atoms. The van der Waals surface area contributed by atoms with Crippen molar-refractivity contribution in [3.8, 4) is 5.75 Å². The van der Waals surface area contributed by atoms with E-state index in [1.807, 2.05) is 6.07 Å². The zero-order valence-corrected chi connectivity index (χ0v) is 19.3. The fourth-order valence-electron chi connectivity index (χ4n) is 4.26. The van der Waals surface area contributed by atoms with Crippen molar-refractivity contribution in [2.24, 2.45) is 0 Å². The Balaban J connectivity index is 1.44. The van der Waals surface area contributed by atoms with E-state index in [4.69, 9.17) is 13.9 Å². The molecule has 2 N–H and O–H groups in total. The second-order valence-electron chi connectivity index (χ2n) is 8.18. The second kappa shape index (κ2) is 10.7. The molecule has 1 aromatic heterocycles. The predicted molar refractivity (Wildman–Crippen MR) is 121 cm³/mol. The van der Waals surface area contributed by atoms with Crippen LogP contribution < -0.4 is 15.4 Å². The maximum absolute atomic E-state index is 14.0. The van der Waals surface area contributed by atoms with Gasteiger partial charge in [0.15, 0.2) is 11.6 Å². The van der Waals surface area contributed by atoms with Gasteiger partial charge < -0.3 is 24.5 Å². The van der Waals surface area contributed by atoms with Crippen molar-refractivity contribution in [2.75, 3.05) is 46.4 Å². The first-order valence-electron chi connectivity index (χ1n) is 11.3. The van der Waals surface area contributed by atoms with Crippen LogP contribution in [0, 0.1) is 5.82 Å². The average molecular weight is 473 g/mol. The molecule has 0 spiro atoms. The lowest BCUT2D eigenvalue weighted by Gasteiger charge is -2.36. The zero-order chi connectivity index (χ0) is 24.1. The number of piperazine rings is 1. The Kier molecular flexibility index (Phi) is 7.49. The highest BCUT2D eigenvalue weighted by molar-refractivity contribution is 5.95. The van der Waals surface area contributed by atoms with E-state index < -0.39 is 18.0 Å². The topological polar surface area (TPSA) is 96.3 Å². The molecule has 1 aromatic carbocycles. The third-order valence-electron chi connectivity index (χ3n) is 5.95. The number of halogens is 1. The lowest BCUT2D eigenvalue weighted by Crippen LogP contribution is -2.51. The van der Waals surface area contributed by atoms with Crippen molar-refractivity contribution in [3.63, 3.8) is 0 Å². The summed E-state index contributed by atoms with van der Waals surface area (Å²) in [4.78, 5) is 29.6. The minimum atomic E-state index is -0.718. The molecule has 182 valence electrons. The standard InChI is InChI=1S/C24H29FN4O5/c1-3-33-23(30)21-18(26-24(31)27-22(21)20-5-4-12-34-20)15-29-10-8-28(9-11-29)14-16-6-7-19(32-2)17(25)13-16/h4-7,12-13,22H,3,8-11,14-15H2,1-2H3,(H2,26,27,31). The third-order valence-corrected chi connectivity index (χ3v) is 5.95. The largest absolute Gasteiger partial charge is 0.494 e. The van der Waals surface area contributed by atoms with Crippen molar-refractivity contribution >= 4 is 12.0 Å². The van der Waals surface area contributed by atoms with Crippen LogP contribution in [0.4, 0.5) is 9.18 Å². The highest BCUT2D eigenvalue weighted by Crippen LogP contribution is 2.28. The maximum Gasteiger partial charge on any atom is 0.338 e. The number of urea groups is 1. The Labute approximate surface area is 197 Å². The minimum Gasteiger partial charge on any atom is -0.494 e. The van der Waals surface area contributed by atoms with Gasteiger partial charge in [-0.05, 0) is 36.8 Å². The number of rotatable bonds is 8. The molecule has 3 heterocycles. The first-order valence-corrected chi connectivity index (χ1v) is 11.3. The number of nitrogens with zero attached hydrogens (tertiary/aromatic N) is 2. The van der Waals surface area contributed by atoms with Gasteiger partial charge in [0.2, 0.25) is 0 Å². The van der Waals surface area contributed by atoms with Crippen molar-refractivity contribution in [2.45, 2.75) is 19.5 Å². The van der Waals surface area contributed by atoms with Gasteiger partial charge >= 0.3 is 12.0 Å². The first-order chi connectivity index (χ1) is 16.5. The van der Waals surface area contributed by atoms with Gasteiger partial charge in [-0.3, -0.25) is 9.80 Å². The van der Waals surface area contributed by atoms with Crippen molar-refractivity contribution in [3.05, 3.63) is 65.0 Å². The third kappa shape index (κ3) is 5.40. The van der Waals surface area contributed by atoms with E-state index in [0.717, 1.165) is 31.7 Å². The Morgan fingerprint density at radius 2 is 1.91 bits per heavy atom. The SMILES string of the molecule is CCOC(=O)C1=C(CN2CCN(Cc3ccc(OC)c(F)c3)CC2)NC(=O)NC1c1ccco1. The van der Waals surface area contributed by atoms with Crippen molar-refractivity contribution in [1.82, 2.24) is 20.4 Å². The smallest absolute Gasteiger partial charge is 0.338 e. The molecule has 1 unspecified atom stereocenters. The van der Waals surface area contributed by atoms with Crippen LogP contribution in [-0.2, 0) is 16.1 Å². The lowest BCUT2D eigenvalue weighted by molar-refractivity contribution is -0.139. The van der Waals surface area contributed by atoms with Crippen LogP contribution in [0.2, 0.25) is 0 Å². The van der Waals surface area contributed by atoms with Crippen molar-refractivity contribution in [1.29, 1.82) is 0 Å². The Morgan fingerprint density at radius 3 is 2.53 bits per heavy atom. The first kappa shape index (κ1) is 23.8. The van der Waals surface area contributed by atoms with E-state index in [1.54, 1.807) is 25.1 Å². The number of benzene rings is 1. The molecule has 1 atom stereocenters. The van der Waals surface area contributed by atoms with Crippen LogP contribution >= 0.6 is 0 Å². The van der Waals surface area contributed by atoms with Crippen LogP contribution in [0.5, 0.6) is 5.75 Å². The van der Waals surface area contributed by atoms with Crippen LogP contribution in [0.3, 0.4) is 0 Å². The minimum absolute atomic E-state index is 0.221. The Morgan fingerprint density at radius 1 is 1.18 bits per heavy atom. The summed E-state index contributed by atoms with van der Waals surface area (Å²) in [6, 6.07) is 7.31. The molecular formula is C24H29FN4O5. The number of ether oxygens (including phenoxy) is 2. The summed E-state index contributed by atoms with van der Waals surface area (Å²) in [6.45, 7) is 5.98. The summed E-state index contributed by atoms with van der Waals surface area (Å²) in [7, 11) is 1.45. The average Bonchev–Trinajstić information content (AvgIpc) is 3.35. The fraction of sp³-hybridized carbons (Fsp3) is 0.417. The van der Waals surface area contributed by atoms with Crippen molar-refractivity contribution < 1.29 is 27.9 Å². The van der Waals surface area contributed by atoms with Crippen LogP contribution in [0.1, 0.15) is 24.3 Å². The molecule has 0 aliphatic carbocycles. The molecule has 9 nitrogen and oxygen atoms in total. The van der Waals surface area contributed by atoms with Gasteiger partial charge in [-0.1, -0.05) is 6.07 Å². The summed E-state index contributed by atoms with van der Waals surface area (Å²) < 4.78 is 29.7. The molecule has 4 rings (SSSR count). The van der Waals surface area contributed by atoms with E-state index >= 15 is 0 Å². The van der Waals surface area contributed by atoms with Gasteiger partial charge in [0.1, 0.15) is 11.8 Å². The van der Waals surface area contributed by atoms with Gasteiger partial charge in [-0.15, -0.1) is 0 Å². The van der Waals surface area contributed by atoms with Gasteiger partial charge in [0.05, 0.1) is 25.6 Å². The summed E-state index contributed by atoms with van der Waals surface area (Å²) >= 11 is 0. The molecule has 2 aromatic rings. The lowest BCUT2D eigenvalue weighted by atomic mass is 9.99. The zero-order valence-electron chi connectivity index (χ0n) is 19.3. The number of carbonyl (C=O) groups is 2. The van der Waals surface area contributed by atoms with E-state index in [0.29, 0.717) is 30.1 Å². The van der Waals surface area contributed by atoms with Crippen LogP contribution in [0.15, 0.2) is 52.3 Å². The molecule has 1 fully saturated rings. The predicted octanol–water partition coefficient (Wildman–Crippen LogP) is 2.42. The summed E-state index contributed by atoms with van der Waals surface area (Å²) in [5.41, 5.74) is 1.73. The molecular weight excluding hydrogens is 443 g/mol. The number of furan rings is 1. The molecule has 10 heteroatoms. The number of carbonyl (C=O) groups excluding carboxylic acids is 2. The van der Waals surface area contributed by atoms with Crippen LogP contribution in [0.25, 0.3) is 0 Å². The van der Waals surface area contributed by atoms with Gasteiger partial charge in [0, 0.05) is 45.0 Å². The molecule has 0 radical (unpaired) electrons. The number of hydrogen-bond donors (Lipinski definition) is 2. The highest BCUT2D eigenvalue weighted by atomic mass is 19.1.